The molecule has 2 aromatic rings. The first-order chi connectivity index (χ1) is 14.7. The van der Waals surface area contributed by atoms with E-state index in [4.69, 9.17) is 25.8 Å². The average molecular weight is 498 g/mol. The number of nitrogens with zero attached hydrogens (tertiary/aromatic N) is 1. The third kappa shape index (κ3) is 7.43. The second-order valence-electron chi connectivity index (χ2n) is 7.22. The molecule has 0 aliphatic carbocycles. The lowest BCUT2D eigenvalue weighted by Gasteiger charge is -2.26. The summed E-state index contributed by atoms with van der Waals surface area (Å²) in [6.45, 7) is 9.69. The van der Waals surface area contributed by atoms with E-state index in [2.05, 4.69) is 32.2 Å². The van der Waals surface area contributed by atoms with Gasteiger partial charge in [-0.2, -0.15) is 0 Å². The van der Waals surface area contributed by atoms with E-state index in [1.807, 2.05) is 37.3 Å². The fourth-order valence-corrected chi connectivity index (χ4v) is 3.90. The highest BCUT2D eigenvalue weighted by Gasteiger charge is 2.12. The number of nitrogens with one attached hydrogen (secondary N) is 1. The molecule has 0 spiro atoms. The number of morpholine rings is 1. The molecule has 5 nitrogen and oxygen atoms in total. The molecular weight excluding hydrogens is 468 g/mol. The summed E-state index contributed by atoms with van der Waals surface area (Å²) in [6, 6.07) is 11.7. The van der Waals surface area contributed by atoms with Gasteiger partial charge in [-0.15, -0.1) is 0 Å². The minimum atomic E-state index is 0.461. The lowest BCUT2D eigenvalue weighted by atomic mass is 10.2. The molecule has 0 saturated carbocycles. The zero-order valence-electron chi connectivity index (χ0n) is 17.5. The Balaban J connectivity index is 1.52. The predicted molar refractivity (Wildman–Crippen MR) is 125 cm³/mol. The van der Waals surface area contributed by atoms with Gasteiger partial charge in [-0.25, -0.2) is 0 Å². The van der Waals surface area contributed by atoms with E-state index >= 15 is 0 Å². The number of hydrogen-bond donors (Lipinski definition) is 1. The lowest BCUT2D eigenvalue weighted by molar-refractivity contribution is 0.0374. The van der Waals surface area contributed by atoms with Crippen molar-refractivity contribution in [2.45, 2.75) is 26.5 Å². The monoisotopic (exact) mass is 496 g/mol. The molecule has 164 valence electrons. The highest BCUT2D eigenvalue weighted by Crippen LogP contribution is 2.34. The smallest absolute Gasteiger partial charge is 0.162 e. The van der Waals surface area contributed by atoms with Gasteiger partial charge in [0.15, 0.2) is 11.5 Å². The molecule has 1 aliphatic heterocycles. The van der Waals surface area contributed by atoms with Gasteiger partial charge in [0.05, 0.1) is 19.8 Å². The topological polar surface area (TPSA) is 43.0 Å². The maximum atomic E-state index is 6.03. The van der Waals surface area contributed by atoms with E-state index in [1.54, 1.807) is 0 Å². The molecule has 1 aliphatic rings. The maximum absolute atomic E-state index is 6.03. The first kappa shape index (κ1) is 23.4. The van der Waals surface area contributed by atoms with Crippen molar-refractivity contribution in [3.63, 3.8) is 0 Å². The van der Waals surface area contributed by atoms with Crippen LogP contribution < -0.4 is 14.8 Å². The fourth-order valence-electron chi connectivity index (χ4n) is 3.31. The van der Waals surface area contributed by atoms with E-state index in [1.165, 1.54) is 0 Å². The molecule has 1 saturated heterocycles. The number of benzene rings is 2. The Bertz CT molecular complexity index is 783. The van der Waals surface area contributed by atoms with Crippen LogP contribution in [0.5, 0.6) is 11.5 Å². The molecule has 7 heteroatoms. The molecule has 3 rings (SSSR count). The van der Waals surface area contributed by atoms with Crippen LogP contribution in [0.25, 0.3) is 0 Å². The third-order valence-electron chi connectivity index (χ3n) is 4.97. The van der Waals surface area contributed by atoms with Crippen molar-refractivity contribution in [2.75, 3.05) is 46.0 Å². The summed E-state index contributed by atoms with van der Waals surface area (Å²) in [5, 5.41) is 4.26. The Morgan fingerprint density at radius 2 is 1.83 bits per heavy atom. The van der Waals surface area contributed by atoms with E-state index in [9.17, 15) is 0 Å². The van der Waals surface area contributed by atoms with Gasteiger partial charge in [0.25, 0.3) is 0 Å². The minimum absolute atomic E-state index is 0.461. The van der Waals surface area contributed by atoms with Gasteiger partial charge in [0.1, 0.15) is 6.61 Å². The molecule has 0 aromatic heterocycles. The highest BCUT2D eigenvalue weighted by atomic mass is 79.9. The minimum Gasteiger partial charge on any atom is -0.490 e. The summed E-state index contributed by atoms with van der Waals surface area (Å²) >= 11 is 9.64. The number of halogens is 2. The van der Waals surface area contributed by atoms with Gasteiger partial charge in [0.2, 0.25) is 0 Å². The van der Waals surface area contributed by atoms with Crippen LogP contribution in [0.2, 0.25) is 5.02 Å². The van der Waals surface area contributed by atoms with Gasteiger partial charge in [0, 0.05) is 29.1 Å². The van der Waals surface area contributed by atoms with Gasteiger partial charge >= 0.3 is 0 Å². The van der Waals surface area contributed by atoms with Gasteiger partial charge < -0.3 is 19.5 Å². The van der Waals surface area contributed by atoms with Gasteiger partial charge in [-0.05, 0) is 61.8 Å². The van der Waals surface area contributed by atoms with Crippen LogP contribution in [0.15, 0.2) is 40.9 Å². The number of ether oxygens (including phenoxy) is 3. The molecule has 1 fully saturated rings. The normalized spacial score (nSPS) is 14.6. The predicted octanol–water partition coefficient (Wildman–Crippen LogP) is 4.89. The van der Waals surface area contributed by atoms with Crippen molar-refractivity contribution in [3.8, 4) is 11.5 Å². The Morgan fingerprint density at radius 3 is 2.57 bits per heavy atom. The van der Waals surface area contributed by atoms with Crippen LogP contribution in [0.4, 0.5) is 0 Å². The van der Waals surface area contributed by atoms with Crippen molar-refractivity contribution < 1.29 is 14.2 Å². The van der Waals surface area contributed by atoms with Crippen LogP contribution in [-0.2, 0) is 17.9 Å². The Labute approximate surface area is 192 Å². The van der Waals surface area contributed by atoms with Crippen molar-refractivity contribution in [1.82, 2.24) is 10.2 Å². The van der Waals surface area contributed by atoms with E-state index in [0.717, 1.165) is 84.5 Å². The molecular formula is C23H30BrClN2O3. The summed E-state index contributed by atoms with van der Waals surface area (Å²) in [4.78, 5) is 2.46. The van der Waals surface area contributed by atoms with Crippen LogP contribution >= 0.6 is 27.5 Å². The zero-order chi connectivity index (χ0) is 21.2. The summed E-state index contributed by atoms with van der Waals surface area (Å²) in [5.41, 5.74) is 2.22. The zero-order valence-corrected chi connectivity index (χ0v) is 19.8. The number of rotatable bonds is 11. The van der Waals surface area contributed by atoms with Crippen LogP contribution in [0, 0.1) is 0 Å². The van der Waals surface area contributed by atoms with E-state index < -0.39 is 0 Å². The molecule has 2 aromatic carbocycles. The first-order valence-corrected chi connectivity index (χ1v) is 11.7. The molecule has 0 unspecified atom stereocenters. The van der Waals surface area contributed by atoms with Crippen LogP contribution in [-0.4, -0.2) is 50.9 Å². The lowest BCUT2D eigenvalue weighted by Crippen LogP contribution is -2.37. The average Bonchev–Trinajstić information content (AvgIpc) is 2.76. The largest absolute Gasteiger partial charge is 0.490 e. The second kappa shape index (κ2) is 12.5. The molecule has 30 heavy (non-hydrogen) atoms. The van der Waals surface area contributed by atoms with Crippen molar-refractivity contribution in [2.24, 2.45) is 0 Å². The molecule has 1 heterocycles. The molecule has 0 amide bonds. The first-order valence-electron chi connectivity index (χ1n) is 10.5. The second-order valence-corrected chi connectivity index (χ2v) is 8.51. The SMILES string of the molecule is CCOc1cc(CNCCCN2CCOCC2)c(Br)cc1OCc1ccc(Cl)cc1. The van der Waals surface area contributed by atoms with Gasteiger partial charge in [-0.1, -0.05) is 39.7 Å². The number of hydrogen-bond acceptors (Lipinski definition) is 5. The highest BCUT2D eigenvalue weighted by molar-refractivity contribution is 9.10. The van der Waals surface area contributed by atoms with Crippen LogP contribution in [0.1, 0.15) is 24.5 Å². The summed E-state index contributed by atoms with van der Waals surface area (Å²) in [7, 11) is 0. The quantitative estimate of drug-likeness (QED) is 0.448. The maximum Gasteiger partial charge on any atom is 0.162 e. The third-order valence-corrected chi connectivity index (χ3v) is 5.96. The molecule has 1 N–H and O–H groups in total. The summed E-state index contributed by atoms with van der Waals surface area (Å²) in [6.07, 6.45) is 1.12. The standard InChI is InChI=1S/C23H30BrClN2O3/c1-2-29-22-14-19(16-26-8-3-9-27-10-12-28-13-11-27)21(24)15-23(22)30-17-18-4-6-20(25)7-5-18/h4-7,14-15,26H,2-3,8-13,16-17H2,1H3. The van der Waals surface area contributed by atoms with E-state index in [-0.39, 0.29) is 0 Å². The van der Waals surface area contributed by atoms with Crippen LogP contribution in [0.3, 0.4) is 0 Å². The van der Waals surface area contributed by atoms with Gasteiger partial charge in [-0.3, -0.25) is 4.90 Å². The summed E-state index contributed by atoms with van der Waals surface area (Å²) < 4.78 is 18.3. The molecule has 0 atom stereocenters. The summed E-state index contributed by atoms with van der Waals surface area (Å²) in [5.74, 6) is 1.49. The Hall–Kier alpha value is -1.31. The molecule has 0 radical (unpaired) electrons. The molecule has 0 bridgehead atoms. The Kier molecular flexibility index (Phi) is 9.75. The van der Waals surface area contributed by atoms with E-state index in [0.29, 0.717) is 13.2 Å². The fraction of sp³-hybridized carbons (Fsp3) is 0.478. The Morgan fingerprint density at radius 1 is 1.10 bits per heavy atom. The van der Waals surface area contributed by atoms with Crippen molar-refractivity contribution in [3.05, 3.63) is 57.0 Å². The van der Waals surface area contributed by atoms with Crippen molar-refractivity contribution in [1.29, 1.82) is 0 Å². The van der Waals surface area contributed by atoms with Crippen molar-refractivity contribution >= 4 is 27.5 Å².